The van der Waals surface area contributed by atoms with E-state index in [0.717, 1.165) is 17.8 Å². The number of benzene rings is 1. The van der Waals surface area contributed by atoms with Crippen LogP contribution < -0.4 is 15.0 Å². The summed E-state index contributed by atoms with van der Waals surface area (Å²) in [5, 5.41) is 2.62. The minimum absolute atomic E-state index is 0.102. The predicted molar refractivity (Wildman–Crippen MR) is 66.3 cm³/mol. The van der Waals surface area contributed by atoms with Crippen molar-refractivity contribution in [3.63, 3.8) is 0 Å². The van der Waals surface area contributed by atoms with Gasteiger partial charge in [0.15, 0.2) is 0 Å². The zero-order chi connectivity index (χ0) is 12.3. The summed E-state index contributed by atoms with van der Waals surface area (Å²) < 4.78 is 5.04. The third kappa shape index (κ3) is 2.52. The van der Waals surface area contributed by atoms with Gasteiger partial charge in [0.2, 0.25) is 6.41 Å². The van der Waals surface area contributed by atoms with Crippen LogP contribution >= 0.6 is 11.8 Å². The normalized spacial score (nSPS) is 18.6. The summed E-state index contributed by atoms with van der Waals surface area (Å²) in [6.45, 7) is 0. The molecule has 1 aromatic carbocycles. The second kappa shape index (κ2) is 5.09. The molecule has 1 atom stereocenters. The Morgan fingerprint density at radius 1 is 1.47 bits per heavy atom. The smallest absolute Gasteiger partial charge is 0.280 e. The molecule has 1 aromatic rings. The summed E-state index contributed by atoms with van der Waals surface area (Å²) in [7, 11) is 1.58. The van der Waals surface area contributed by atoms with E-state index in [4.69, 9.17) is 4.74 Å². The molecule has 2 amide bonds. The largest absolute Gasteiger partial charge is 0.497 e. The van der Waals surface area contributed by atoms with E-state index in [2.05, 4.69) is 5.32 Å². The lowest BCUT2D eigenvalue weighted by Gasteiger charge is -2.23. The molecule has 0 saturated carbocycles. The zero-order valence-electron chi connectivity index (χ0n) is 9.25. The SMILES string of the molecule is COc1ccc(N(C=O)C2CSC(=O)N2)cc1. The van der Waals surface area contributed by atoms with E-state index in [-0.39, 0.29) is 11.4 Å². The molecule has 90 valence electrons. The van der Waals surface area contributed by atoms with Gasteiger partial charge in [-0.2, -0.15) is 0 Å². The minimum atomic E-state index is -0.279. The molecule has 1 fully saturated rings. The Morgan fingerprint density at radius 2 is 2.18 bits per heavy atom. The van der Waals surface area contributed by atoms with Gasteiger partial charge in [0.1, 0.15) is 11.9 Å². The number of hydrogen-bond acceptors (Lipinski definition) is 4. The molecule has 6 heteroatoms. The van der Waals surface area contributed by atoms with Crippen molar-refractivity contribution in [1.29, 1.82) is 0 Å². The third-order valence-electron chi connectivity index (χ3n) is 2.48. The number of thioether (sulfide) groups is 1. The Balaban J connectivity index is 2.16. The second-order valence-electron chi connectivity index (χ2n) is 3.47. The number of methoxy groups -OCH3 is 1. The topological polar surface area (TPSA) is 58.6 Å². The van der Waals surface area contributed by atoms with E-state index < -0.39 is 0 Å². The van der Waals surface area contributed by atoms with Gasteiger partial charge >= 0.3 is 0 Å². The van der Waals surface area contributed by atoms with E-state index in [1.165, 1.54) is 16.7 Å². The third-order valence-corrected chi connectivity index (χ3v) is 3.34. The number of carbonyl (C=O) groups is 2. The molecule has 0 bridgehead atoms. The first kappa shape index (κ1) is 11.8. The van der Waals surface area contributed by atoms with Gasteiger partial charge in [-0.1, -0.05) is 11.8 Å². The number of amides is 2. The van der Waals surface area contributed by atoms with Gasteiger partial charge in [-0.05, 0) is 24.3 Å². The summed E-state index contributed by atoms with van der Waals surface area (Å²) in [5.41, 5.74) is 0.730. The molecule has 5 nitrogen and oxygen atoms in total. The highest BCUT2D eigenvalue weighted by molar-refractivity contribution is 8.14. The van der Waals surface area contributed by atoms with Gasteiger partial charge < -0.3 is 10.1 Å². The summed E-state index contributed by atoms with van der Waals surface area (Å²) in [5.74, 6) is 1.29. The Kier molecular flexibility index (Phi) is 3.53. The fourth-order valence-electron chi connectivity index (χ4n) is 1.59. The molecule has 0 spiro atoms. The molecular formula is C11H12N2O3S. The summed E-state index contributed by atoms with van der Waals surface area (Å²) in [6.07, 6.45) is 0.442. The van der Waals surface area contributed by atoms with Crippen LogP contribution in [0.1, 0.15) is 0 Å². The van der Waals surface area contributed by atoms with E-state index in [0.29, 0.717) is 5.75 Å². The highest BCUT2D eigenvalue weighted by Crippen LogP contribution is 2.23. The number of carbonyl (C=O) groups excluding carboxylic acids is 2. The quantitative estimate of drug-likeness (QED) is 0.824. The maximum absolute atomic E-state index is 11.1. The van der Waals surface area contributed by atoms with Crippen LogP contribution in [0.3, 0.4) is 0 Å². The van der Waals surface area contributed by atoms with E-state index in [9.17, 15) is 9.59 Å². The van der Waals surface area contributed by atoms with E-state index in [1.807, 2.05) is 0 Å². The predicted octanol–water partition coefficient (Wildman–Crippen LogP) is 1.44. The molecule has 1 heterocycles. The number of hydrogen-bond donors (Lipinski definition) is 1. The van der Waals surface area contributed by atoms with Crippen LogP contribution in [0.4, 0.5) is 10.5 Å². The van der Waals surface area contributed by atoms with Crippen LogP contribution in [0.15, 0.2) is 24.3 Å². The first-order valence-corrected chi connectivity index (χ1v) is 6.04. The molecule has 0 aliphatic carbocycles. The summed E-state index contributed by atoms with van der Waals surface area (Å²) in [4.78, 5) is 23.7. The number of nitrogens with one attached hydrogen (secondary N) is 1. The van der Waals surface area contributed by atoms with Crippen molar-refractivity contribution in [2.75, 3.05) is 17.8 Å². The molecule has 17 heavy (non-hydrogen) atoms. The highest BCUT2D eigenvalue weighted by atomic mass is 32.2. The van der Waals surface area contributed by atoms with Crippen molar-refractivity contribution in [2.45, 2.75) is 6.17 Å². The molecule has 0 radical (unpaired) electrons. The maximum atomic E-state index is 11.1. The fourth-order valence-corrected chi connectivity index (χ4v) is 2.37. The fraction of sp³-hybridized carbons (Fsp3) is 0.273. The van der Waals surface area contributed by atoms with Crippen molar-refractivity contribution in [3.8, 4) is 5.75 Å². The molecule has 2 rings (SSSR count). The Labute approximate surface area is 103 Å². The van der Waals surface area contributed by atoms with Gasteiger partial charge in [0, 0.05) is 11.4 Å². The van der Waals surface area contributed by atoms with Gasteiger partial charge in [0.25, 0.3) is 5.24 Å². The van der Waals surface area contributed by atoms with Crippen molar-refractivity contribution < 1.29 is 14.3 Å². The van der Waals surface area contributed by atoms with Crippen molar-refractivity contribution in [1.82, 2.24) is 5.32 Å². The molecule has 1 aliphatic rings. The van der Waals surface area contributed by atoms with Crippen LogP contribution in [-0.4, -0.2) is 30.7 Å². The molecule has 1 unspecified atom stereocenters. The molecular weight excluding hydrogens is 240 g/mol. The average molecular weight is 252 g/mol. The van der Waals surface area contributed by atoms with E-state index in [1.54, 1.807) is 31.4 Å². The number of anilines is 1. The highest BCUT2D eigenvalue weighted by Gasteiger charge is 2.27. The van der Waals surface area contributed by atoms with Gasteiger partial charge in [-0.15, -0.1) is 0 Å². The summed E-state index contributed by atoms with van der Waals surface area (Å²) in [6, 6.07) is 7.11. The van der Waals surface area contributed by atoms with E-state index >= 15 is 0 Å². The van der Waals surface area contributed by atoms with Crippen molar-refractivity contribution >= 4 is 29.1 Å². The Morgan fingerprint density at radius 3 is 2.65 bits per heavy atom. The zero-order valence-corrected chi connectivity index (χ0v) is 10.1. The van der Waals surface area contributed by atoms with Crippen LogP contribution in [0.2, 0.25) is 0 Å². The van der Waals surface area contributed by atoms with Crippen LogP contribution in [0.5, 0.6) is 5.75 Å². The molecule has 1 saturated heterocycles. The van der Waals surface area contributed by atoms with Crippen molar-refractivity contribution in [3.05, 3.63) is 24.3 Å². The lowest BCUT2D eigenvalue weighted by atomic mass is 10.2. The minimum Gasteiger partial charge on any atom is -0.497 e. The Hall–Kier alpha value is -1.69. The Bertz CT molecular complexity index is 421. The molecule has 1 aliphatic heterocycles. The first-order chi connectivity index (χ1) is 8.24. The number of ether oxygens (including phenoxy) is 1. The molecule has 0 aromatic heterocycles. The lowest BCUT2D eigenvalue weighted by molar-refractivity contribution is -0.107. The van der Waals surface area contributed by atoms with Crippen molar-refractivity contribution in [2.24, 2.45) is 0 Å². The maximum Gasteiger partial charge on any atom is 0.280 e. The number of nitrogens with zero attached hydrogens (tertiary/aromatic N) is 1. The summed E-state index contributed by atoms with van der Waals surface area (Å²) >= 11 is 1.18. The average Bonchev–Trinajstić information content (AvgIpc) is 2.78. The van der Waals surface area contributed by atoms with Crippen LogP contribution in [-0.2, 0) is 4.79 Å². The van der Waals surface area contributed by atoms with Gasteiger partial charge in [-0.25, -0.2) is 0 Å². The molecule has 1 N–H and O–H groups in total. The van der Waals surface area contributed by atoms with Gasteiger partial charge in [0.05, 0.1) is 7.11 Å². The monoisotopic (exact) mass is 252 g/mol. The second-order valence-corrected chi connectivity index (χ2v) is 4.46. The first-order valence-electron chi connectivity index (χ1n) is 5.05. The van der Waals surface area contributed by atoms with Gasteiger partial charge in [-0.3, -0.25) is 14.5 Å². The number of rotatable bonds is 4. The lowest BCUT2D eigenvalue weighted by Crippen LogP contribution is -2.43. The van der Waals surface area contributed by atoms with Crippen LogP contribution in [0.25, 0.3) is 0 Å². The standard InChI is InChI=1S/C11H12N2O3S/c1-16-9-4-2-8(3-5-9)13(7-14)10-6-17-11(15)12-10/h2-5,7,10H,6H2,1H3,(H,12,15). The van der Waals surface area contributed by atoms with Crippen LogP contribution in [0, 0.1) is 0 Å².